The Morgan fingerprint density at radius 3 is 2.30 bits per heavy atom. The first kappa shape index (κ1) is 25.4. The van der Waals surface area contributed by atoms with Crippen LogP contribution in [0.25, 0.3) is 22.9 Å². The first-order valence-corrected chi connectivity index (χ1v) is 12.9. The predicted molar refractivity (Wildman–Crippen MR) is 132 cm³/mol. The Morgan fingerprint density at radius 1 is 0.946 bits per heavy atom. The number of benzene rings is 2. The number of hydrogen-bond donors (Lipinski definition) is 1. The fraction of sp³-hybridized carbons (Fsp3) is 0.464. The van der Waals surface area contributed by atoms with Crippen LogP contribution in [0.5, 0.6) is 0 Å². The summed E-state index contributed by atoms with van der Waals surface area (Å²) in [5.74, 6) is -0.225. The van der Waals surface area contributed by atoms with Crippen molar-refractivity contribution in [2.45, 2.75) is 63.0 Å². The molecule has 1 aromatic heterocycles. The van der Waals surface area contributed by atoms with Crippen molar-refractivity contribution < 1.29 is 27.5 Å². The van der Waals surface area contributed by atoms with Gasteiger partial charge < -0.3 is 14.4 Å². The molecule has 1 unspecified atom stereocenters. The van der Waals surface area contributed by atoms with Gasteiger partial charge in [0, 0.05) is 24.2 Å². The lowest BCUT2D eigenvalue weighted by molar-refractivity contribution is -0.139. The van der Waals surface area contributed by atoms with Crippen LogP contribution in [-0.4, -0.2) is 45.8 Å². The van der Waals surface area contributed by atoms with E-state index >= 15 is 0 Å². The third kappa shape index (κ3) is 5.87. The van der Waals surface area contributed by atoms with Crippen molar-refractivity contribution in [2.24, 2.45) is 0 Å². The minimum absolute atomic E-state index is 0.0598. The van der Waals surface area contributed by atoms with Crippen LogP contribution < -0.4 is 0 Å². The molecule has 196 valence electrons. The molecule has 0 amide bonds. The largest absolute Gasteiger partial charge is 0.481 e. The first-order chi connectivity index (χ1) is 17.8. The topological polar surface area (TPSA) is 79.5 Å². The van der Waals surface area contributed by atoms with Crippen LogP contribution in [0.3, 0.4) is 0 Å². The van der Waals surface area contributed by atoms with Crippen molar-refractivity contribution in [3.63, 3.8) is 0 Å². The van der Waals surface area contributed by atoms with Gasteiger partial charge in [-0.05, 0) is 73.0 Å². The standard InChI is InChI=1S/C28H30F3N3O3/c29-28(30,31)24-16-21(10-11-23(24)19-4-2-1-3-5-19)27-33-32-26(37-27)20-8-6-18(7-9-20)22-12-14-34(17-22)15-13-25(35)36/h6-11,16,19,22H,1-5,12-15,17H2,(H,35,36). The van der Waals surface area contributed by atoms with E-state index in [2.05, 4.69) is 15.1 Å². The molecule has 37 heavy (non-hydrogen) atoms. The van der Waals surface area contributed by atoms with Crippen LogP contribution in [0.2, 0.25) is 0 Å². The highest BCUT2D eigenvalue weighted by atomic mass is 19.4. The number of hydrogen-bond acceptors (Lipinski definition) is 5. The summed E-state index contributed by atoms with van der Waals surface area (Å²) in [7, 11) is 0. The van der Waals surface area contributed by atoms with Crippen molar-refractivity contribution in [1.82, 2.24) is 15.1 Å². The number of carbonyl (C=O) groups is 1. The quantitative estimate of drug-likeness (QED) is 0.377. The maximum atomic E-state index is 13.9. The van der Waals surface area contributed by atoms with Crippen molar-refractivity contribution in [3.05, 3.63) is 59.2 Å². The van der Waals surface area contributed by atoms with Crippen molar-refractivity contribution in [3.8, 4) is 22.9 Å². The van der Waals surface area contributed by atoms with Crippen LogP contribution in [0, 0.1) is 0 Å². The summed E-state index contributed by atoms with van der Waals surface area (Å²) in [6.45, 7) is 2.23. The fourth-order valence-corrected chi connectivity index (χ4v) is 5.62. The molecular formula is C28H30F3N3O3. The van der Waals surface area contributed by atoms with Crippen LogP contribution >= 0.6 is 0 Å². The summed E-state index contributed by atoms with van der Waals surface area (Å²) >= 11 is 0. The van der Waals surface area contributed by atoms with Gasteiger partial charge in [-0.25, -0.2) is 0 Å². The van der Waals surface area contributed by atoms with Gasteiger partial charge in [0.2, 0.25) is 11.8 Å². The van der Waals surface area contributed by atoms with E-state index in [-0.39, 0.29) is 29.7 Å². The van der Waals surface area contributed by atoms with E-state index in [4.69, 9.17) is 9.52 Å². The van der Waals surface area contributed by atoms with Gasteiger partial charge in [-0.3, -0.25) is 4.79 Å². The molecule has 1 aliphatic heterocycles. The number of aliphatic carboxylic acids is 1. The lowest BCUT2D eigenvalue weighted by Crippen LogP contribution is -2.23. The molecule has 1 N–H and O–H groups in total. The third-order valence-corrected chi connectivity index (χ3v) is 7.62. The van der Waals surface area contributed by atoms with E-state index in [1.54, 1.807) is 12.1 Å². The zero-order valence-electron chi connectivity index (χ0n) is 20.5. The van der Waals surface area contributed by atoms with Gasteiger partial charge in [-0.2, -0.15) is 13.2 Å². The van der Waals surface area contributed by atoms with Gasteiger partial charge >= 0.3 is 12.1 Å². The predicted octanol–water partition coefficient (Wildman–Crippen LogP) is 6.73. The molecule has 2 heterocycles. The van der Waals surface area contributed by atoms with E-state index in [1.807, 2.05) is 24.3 Å². The van der Waals surface area contributed by atoms with Gasteiger partial charge in [-0.1, -0.05) is 37.5 Å². The summed E-state index contributed by atoms with van der Waals surface area (Å²) in [6.07, 6.45) is 1.20. The maximum Gasteiger partial charge on any atom is 0.416 e. The molecule has 1 saturated heterocycles. The smallest absolute Gasteiger partial charge is 0.416 e. The molecule has 3 aromatic rings. The summed E-state index contributed by atoms with van der Waals surface area (Å²) < 4.78 is 47.6. The first-order valence-electron chi connectivity index (χ1n) is 12.9. The van der Waals surface area contributed by atoms with E-state index in [0.717, 1.165) is 63.2 Å². The van der Waals surface area contributed by atoms with Gasteiger partial charge in [0.05, 0.1) is 12.0 Å². The summed E-state index contributed by atoms with van der Waals surface area (Å²) in [6, 6.07) is 12.1. The molecule has 0 spiro atoms. The maximum absolute atomic E-state index is 13.9. The SMILES string of the molecule is O=C(O)CCN1CCC(c2ccc(-c3nnc(-c4ccc(C5CCCCC5)c(C(F)(F)F)c4)o3)cc2)C1. The fourth-order valence-electron chi connectivity index (χ4n) is 5.62. The van der Waals surface area contributed by atoms with Crippen molar-refractivity contribution in [1.29, 1.82) is 0 Å². The molecule has 1 saturated carbocycles. The Labute approximate surface area is 213 Å². The molecule has 0 radical (unpaired) electrons. The second-order valence-electron chi connectivity index (χ2n) is 10.1. The minimum atomic E-state index is -4.45. The molecule has 1 atom stereocenters. The molecule has 2 aromatic carbocycles. The summed E-state index contributed by atoms with van der Waals surface area (Å²) in [5.41, 5.74) is 1.84. The molecule has 1 aliphatic carbocycles. The number of aromatic nitrogens is 2. The average molecular weight is 514 g/mol. The number of nitrogens with zero attached hydrogens (tertiary/aromatic N) is 3. The van der Waals surface area contributed by atoms with Gasteiger partial charge in [0.25, 0.3) is 0 Å². The molecular weight excluding hydrogens is 483 g/mol. The summed E-state index contributed by atoms with van der Waals surface area (Å²) in [5, 5.41) is 17.0. The number of halogens is 3. The van der Waals surface area contributed by atoms with Crippen LogP contribution in [0.4, 0.5) is 13.2 Å². The highest BCUT2D eigenvalue weighted by molar-refractivity contribution is 5.66. The molecule has 2 aliphatic rings. The second kappa shape index (κ2) is 10.7. The van der Waals surface area contributed by atoms with Crippen LogP contribution in [0.1, 0.15) is 73.5 Å². The molecule has 5 rings (SSSR count). The Kier molecular flexibility index (Phi) is 7.33. The number of rotatable bonds is 7. The van der Waals surface area contributed by atoms with Crippen molar-refractivity contribution >= 4 is 5.97 Å². The number of carboxylic acid groups (broad SMARTS) is 1. The average Bonchev–Trinajstić information content (AvgIpc) is 3.58. The number of carboxylic acids is 1. The lowest BCUT2D eigenvalue weighted by Gasteiger charge is -2.25. The second-order valence-corrected chi connectivity index (χ2v) is 10.1. The van der Waals surface area contributed by atoms with Crippen LogP contribution in [-0.2, 0) is 11.0 Å². The minimum Gasteiger partial charge on any atom is -0.481 e. The number of alkyl halides is 3. The highest BCUT2D eigenvalue weighted by Gasteiger charge is 2.36. The molecule has 0 bridgehead atoms. The normalized spacial score (nSPS) is 19.4. The van der Waals surface area contributed by atoms with Gasteiger partial charge in [-0.15, -0.1) is 10.2 Å². The molecule has 2 fully saturated rings. The molecule has 6 nitrogen and oxygen atoms in total. The van der Waals surface area contributed by atoms with Gasteiger partial charge in [0.1, 0.15) is 0 Å². The molecule has 9 heteroatoms. The van der Waals surface area contributed by atoms with E-state index < -0.39 is 17.7 Å². The summed E-state index contributed by atoms with van der Waals surface area (Å²) in [4.78, 5) is 13.0. The Morgan fingerprint density at radius 2 is 1.62 bits per heavy atom. The van der Waals surface area contributed by atoms with Crippen molar-refractivity contribution in [2.75, 3.05) is 19.6 Å². The Hall–Kier alpha value is -3.20. The monoisotopic (exact) mass is 513 g/mol. The highest BCUT2D eigenvalue weighted by Crippen LogP contribution is 2.42. The van der Waals surface area contributed by atoms with E-state index in [9.17, 15) is 18.0 Å². The van der Waals surface area contributed by atoms with E-state index in [0.29, 0.717) is 23.6 Å². The van der Waals surface area contributed by atoms with Crippen LogP contribution in [0.15, 0.2) is 46.9 Å². The lowest BCUT2D eigenvalue weighted by atomic mass is 9.81. The zero-order valence-corrected chi connectivity index (χ0v) is 20.5. The Balaban J connectivity index is 1.31. The number of likely N-dealkylation sites (tertiary alicyclic amines) is 1. The zero-order chi connectivity index (χ0) is 26.0. The van der Waals surface area contributed by atoms with Gasteiger partial charge in [0.15, 0.2) is 0 Å². The third-order valence-electron chi connectivity index (χ3n) is 7.62. The van der Waals surface area contributed by atoms with E-state index in [1.165, 1.54) is 0 Å². The Bertz CT molecular complexity index is 1230.